The number of nitrogens with one attached hydrogen (secondary N) is 2. The van der Waals surface area contributed by atoms with Gasteiger partial charge in [-0.25, -0.2) is 0 Å². The number of rotatable bonds is 7. The zero-order chi connectivity index (χ0) is 19.1. The standard InChI is InChI=1S/C18H18Cl2N2O4/c1-3-26-15-7-4-11(8-16(15)25-2)18(24)21-10-17(23)22-14-9-12(19)5-6-13(14)20/h4-9H,3,10H2,1-2H3,(H,21,24)(H,22,23). The Balaban J connectivity index is 1.97. The number of ether oxygens (including phenoxy) is 2. The van der Waals surface area contributed by atoms with E-state index in [9.17, 15) is 9.59 Å². The number of methoxy groups -OCH3 is 1. The van der Waals surface area contributed by atoms with Gasteiger partial charge in [-0.2, -0.15) is 0 Å². The SMILES string of the molecule is CCOc1ccc(C(=O)NCC(=O)Nc2cc(Cl)ccc2Cl)cc1OC. The summed E-state index contributed by atoms with van der Waals surface area (Å²) in [6, 6.07) is 9.50. The molecule has 2 aromatic rings. The number of carbonyl (C=O) groups is 2. The topological polar surface area (TPSA) is 76.7 Å². The first kappa shape index (κ1) is 19.9. The van der Waals surface area contributed by atoms with Crippen LogP contribution in [0.2, 0.25) is 10.0 Å². The fraction of sp³-hybridized carbons (Fsp3) is 0.222. The predicted molar refractivity (Wildman–Crippen MR) is 102 cm³/mol. The predicted octanol–water partition coefficient (Wildman–Crippen LogP) is 3.77. The van der Waals surface area contributed by atoms with Crippen molar-refractivity contribution in [1.82, 2.24) is 5.32 Å². The first-order valence-electron chi connectivity index (χ1n) is 7.78. The molecule has 2 aromatic carbocycles. The van der Waals surface area contributed by atoms with Crippen molar-refractivity contribution in [2.45, 2.75) is 6.92 Å². The minimum Gasteiger partial charge on any atom is -0.493 e. The third-order valence-corrected chi connectivity index (χ3v) is 3.90. The number of anilines is 1. The summed E-state index contributed by atoms with van der Waals surface area (Å²) in [7, 11) is 1.49. The van der Waals surface area contributed by atoms with E-state index in [1.165, 1.54) is 13.2 Å². The zero-order valence-electron chi connectivity index (χ0n) is 14.3. The Labute approximate surface area is 161 Å². The lowest BCUT2D eigenvalue weighted by atomic mass is 10.2. The molecule has 0 bridgehead atoms. The van der Waals surface area contributed by atoms with Gasteiger partial charge in [0.25, 0.3) is 5.91 Å². The monoisotopic (exact) mass is 396 g/mol. The number of carbonyl (C=O) groups excluding carboxylic acids is 2. The molecular formula is C18H18Cl2N2O4. The number of hydrogen-bond acceptors (Lipinski definition) is 4. The van der Waals surface area contributed by atoms with Crippen LogP contribution in [0.4, 0.5) is 5.69 Å². The summed E-state index contributed by atoms with van der Waals surface area (Å²) in [5.74, 6) is 0.133. The molecule has 0 spiro atoms. The number of halogens is 2. The Hall–Kier alpha value is -2.44. The molecule has 26 heavy (non-hydrogen) atoms. The molecule has 8 heteroatoms. The molecule has 0 atom stereocenters. The highest BCUT2D eigenvalue weighted by molar-refractivity contribution is 6.35. The smallest absolute Gasteiger partial charge is 0.251 e. The average Bonchev–Trinajstić information content (AvgIpc) is 2.63. The van der Waals surface area contributed by atoms with Crippen LogP contribution in [0.25, 0.3) is 0 Å². The molecule has 0 heterocycles. The Kier molecular flexibility index (Phi) is 7.12. The van der Waals surface area contributed by atoms with E-state index in [-0.39, 0.29) is 6.54 Å². The molecule has 2 rings (SSSR count). The molecule has 6 nitrogen and oxygen atoms in total. The van der Waals surface area contributed by atoms with Gasteiger partial charge >= 0.3 is 0 Å². The molecule has 0 radical (unpaired) electrons. The lowest BCUT2D eigenvalue weighted by Gasteiger charge is -2.11. The maximum Gasteiger partial charge on any atom is 0.251 e. The van der Waals surface area contributed by atoms with E-state index in [1.54, 1.807) is 30.3 Å². The van der Waals surface area contributed by atoms with Crippen molar-refractivity contribution in [3.63, 3.8) is 0 Å². The third-order valence-electron chi connectivity index (χ3n) is 3.34. The highest BCUT2D eigenvalue weighted by atomic mass is 35.5. The van der Waals surface area contributed by atoms with Gasteiger partial charge in [-0.05, 0) is 43.3 Å². The normalized spacial score (nSPS) is 10.2. The van der Waals surface area contributed by atoms with Gasteiger partial charge in [-0.1, -0.05) is 23.2 Å². The molecule has 0 aliphatic carbocycles. The summed E-state index contributed by atoms with van der Waals surface area (Å²) < 4.78 is 10.6. The van der Waals surface area contributed by atoms with Gasteiger partial charge in [0.1, 0.15) is 0 Å². The second-order valence-corrected chi connectivity index (χ2v) is 6.00. The lowest BCUT2D eigenvalue weighted by molar-refractivity contribution is -0.115. The Bertz CT molecular complexity index is 812. The maximum atomic E-state index is 12.2. The van der Waals surface area contributed by atoms with Crippen LogP contribution in [0.3, 0.4) is 0 Å². The fourth-order valence-electron chi connectivity index (χ4n) is 2.13. The van der Waals surface area contributed by atoms with E-state index >= 15 is 0 Å². The minimum atomic E-state index is -0.430. The van der Waals surface area contributed by atoms with Gasteiger partial charge in [-0.15, -0.1) is 0 Å². The third kappa shape index (κ3) is 5.28. The van der Waals surface area contributed by atoms with Gasteiger partial charge in [-0.3, -0.25) is 9.59 Å². The first-order valence-corrected chi connectivity index (χ1v) is 8.54. The van der Waals surface area contributed by atoms with Gasteiger partial charge in [0.2, 0.25) is 5.91 Å². The highest BCUT2D eigenvalue weighted by Crippen LogP contribution is 2.28. The highest BCUT2D eigenvalue weighted by Gasteiger charge is 2.13. The lowest BCUT2D eigenvalue weighted by Crippen LogP contribution is -2.32. The van der Waals surface area contributed by atoms with Gasteiger partial charge < -0.3 is 20.1 Å². The zero-order valence-corrected chi connectivity index (χ0v) is 15.8. The Morgan fingerprint density at radius 3 is 2.54 bits per heavy atom. The van der Waals surface area contributed by atoms with Crippen LogP contribution in [0.15, 0.2) is 36.4 Å². The average molecular weight is 397 g/mol. The molecule has 0 aromatic heterocycles. The number of amides is 2. The van der Waals surface area contributed by atoms with E-state index in [4.69, 9.17) is 32.7 Å². The molecule has 0 fully saturated rings. The molecule has 0 aliphatic heterocycles. The Morgan fingerprint density at radius 2 is 1.85 bits per heavy atom. The quantitative estimate of drug-likeness (QED) is 0.746. The second kappa shape index (κ2) is 9.31. The van der Waals surface area contributed by atoms with E-state index in [2.05, 4.69) is 10.6 Å². The van der Waals surface area contributed by atoms with Crippen molar-refractivity contribution < 1.29 is 19.1 Å². The van der Waals surface area contributed by atoms with E-state index in [0.717, 1.165) is 0 Å². The van der Waals surface area contributed by atoms with E-state index < -0.39 is 11.8 Å². The van der Waals surface area contributed by atoms with E-state index in [1.807, 2.05) is 6.92 Å². The molecule has 2 amide bonds. The van der Waals surface area contributed by atoms with Crippen LogP contribution in [-0.4, -0.2) is 32.1 Å². The molecule has 2 N–H and O–H groups in total. The van der Waals surface area contributed by atoms with Crippen LogP contribution in [0.1, 0.15) is 17.3 Å². The molecular weight excluding hydrogens is 379 g/mol. The van der Waals surface area contributed by atoms with Crippen LogP contribution < -0.4 is 20.1 Å². The Morgan fingerprint density at radius 1 is 1.08 bits per heavy atom. The summed E-state index contributed by atoms with van der Waals surface area (Å²) in [6.45, 7) is 2.11. The number of hydrogen-bond donors (Lipinski definition) is 2. The number of benzene rings is 2. The van der Waals surface area contributed by atoms with Gasteiger partial charge in [0.15, 0.2) is 11.5 Å². The van der Waals surface area contributed by atoms with Gasteiger partial charge in [0.05, 0.1) is 31.0 Å². The van der Waals surface area contributed by atoms with Crippen LogP contribution in [0.5, 0.6) is 11.5 Å². The summed E-state index contributed by atoms with van der Waals surface area (Å²) >= 11 is 11.9. The summed E-state index contributed by atoms with van der Waals surface area (Å²) in [5.41, 5.74) is 0.722. The van der Waals surface area contributed by atoms with Crippen molar-refractivity contribution in [3.05, 3.63) is 52.0 Å². The minimum absolute atomic E-state index is 0.225. The summed E-state index contributed by atoms with van der Waals surface area (Å²) in [4.78, 5) is 24.2. The van der Waals surface area contributed by atoms with Crippen LogP contribution >= 0.6 is 23.2 Å². The molecule has 138 valence electrons. The largest absolute Gasteiger partial charge is 0.493 e. The van der Waals surface area contributed by atoms with Crippen molar-refractivity contribution >= 4 is 40.7 Å². The van der Waals surface area contributed by atoms with Crippen LogP contribution in [0, 0.1) is 0 Å². The molecule has 0 saturated carbocycles. The summed E-state index contributed by atoms with van der Waals surface area (Å²) in [6.07, 6.45) is 0. The van der Waals surface area contributed by atoms with Crippen molar-refractivity contribution in [2.24, 2.45) is 0 Å². The molecule has 0 unspecified atom stereocenters. The van der Waals surface area contributed by atoms with E-state index in [0.29, 0.717) is 39.4 Å². The molecule has 0 saturated heterocycles. The van der Waals surface area contributed by atoms with Crippen molar-refractivity contribution in [2.75, 3.05) is 25.6 Å². The maximum absolute atomic E-state index is 12.2. The molecule has 0 aliphatic rings. The second-order valence-electron chi connectivity index (χ2n) is 5.15. The first-order chi connectivity index (χ1) is 12.4. The van der Waals surface area contributed by atoms with Crippen LogP contribution in [-0.2, 0) is 4.79 Å². The van der Waals surface area contributed by atoms with Gasteiger partial charge in [0, 0.05) is 10.6 Å². The van der Waals surface area contributed by atoms with Crippen molar-refractivity contribution in [3.8, 4) is 11.5 Å². The summed E-state index contributed by atoms with van der Waals surface area (Å²) in [5, 5.41) is 5.92. The van der Waals surface area contributed by atoms with Crippen molar-refractivity contribution in [1.29, 1.82) is 0 Å². The fourth-order valence-corrected chi connectivity index (χ4v) is 2.47.